The van der Waals surface area contributed by atoms with E-state index in [9.17, 15) is 18.0 Å². The van der Waals surface area contributed by atoms with Gasteiger partial charge in [-0.25, -0.2) is 0 Å². The van der Waals surface area contributed by atoms with Crippen LogP contribution in [0.1, 0.15) is 10.4 Å². The van der Waals surface area contributed by atoms with Crippen LogP contribution in [0.25, 0.3) is 10.8 Å². The second-order valence-corrected chi connectivity index (χ2v) is 4.72. The van der Waals surface area contributed by atoms with Crippen LogP contribution in [0.5, 0.6) is 0 Å². The number of hydrogen-bond acceptors (Lipinski definition) is 2. The Morgan fingerprint density at radius 1 is 1.10 bits per heavy atom. The summed E-state index contributed by atoms with van der Waals surface area (Å²) in [6.07, 6.45) is -4.15. The Morgan fingerprint density at radius 2 is 1.75 bits per heavy atom. The second-order valence-electron chi connectivity index (χ2n) is 4.05. The summed E-state index contributed by atoms with van der Waals surface area (Å²) in [5.41, 5.74) is 0.197. The van der Waals surface area contributed by atoms with Crippen molar-refractivity contribution < 1.29 is 20.8 Å². The van der Waals surface area contributed by atoms with Gasteiger partial charge in [-0.15, -0.1) is 0 Å². The van der Waals surface area contributed by atoms with Crippen molar-refractivity contribution in [1.29, 1.82) is 0 Å². The Kier molecular flexibility index (Phi) is 4.42. The predicted molar refractivity (Wildman–Crippen MR) is 69.3 cm³/mol. The molecule has 2 aromatic carbocycles. The van der Waals surface area contributed by atoms with E-state index in [1.54, 1.807) is 24.3 Å². The maximum absolute atomic E-state index is 12.5. The molecule has 2 radical (unpaired) electrons. The summed E-state index contributed by atoms with van der Waals surface area (Å²) in [7, 11) is 0. The van der Waals surface area contributed by atoms with Crippen LogP contribution in [0.15, 0.2) is 54.3 Å². The molecular weight excluding hydrogens is 372 g/mol. The van der Waals surface area contributed by atoms with Crippen molar-refractivity contribution in [2.24, 2.45) is 0 Å². The molecule has 0 saturated carbocycles. The molecule has 0 aliphatic carbocycles. The maximum atomic E-state index is 12.5. The fraction of sp³-hybridized carbons (Fsp3) is 0.0714. The van der Waals surface area contributed by atoms with Gasteiger partial charge in [-0.1, -0.05) is 0 Å². The summed E-state index contributed by atoms with van der Waals surface area (Å²) in [6.45, 7) is 0. The van der Waals surface area contributed by atoms with Gasteiger partial charge >= 0.3 is 128 Å². The molecule has 0 saturated heterocycles. The van der Waals surface area contributed by atoms with Crippen molar-refractivity contribution in [2.75, 3.05) is 0 Å². The molecule has 2 nitrogen and oxygen atoms in total. The van der Waals surface area contributed by atoms with Gasteiger partial charge in [-0.05, 0) is 0 Å². The van der Waals surface area contributed by atoms with Gasteiger partial charge < -0.3 is 0 Å². The monoisotopic (exact) mass is 380 g/mol. The standard InChI is InChI=1S/C14H9F3O2.In/c15-14(16,17)13(19)8-12(18)11-6-5-9-3-1-2-4-10(9)7-11;/h1-8,19H;/q;+1/p-1. The number of hydrogen-bond donors (Lipinski definition) is 0. The molecule has 0 unspecified atom stereocenters. The van der Waals surface area contributed by atoms with Crippen LogP contribution in [0.3, 0.4) is 0 Å². The van der Waals surface area contributed by atoms with Crippen molar-refractivity contribution in [1.82, 2.24) is 0 Å². The molecule has 0 amide bonds. The molecule has 100 valence electrons. The number of fused-ring (bicyclic) bond motifs is 1. The van der Waals surface area contributed by atoms with Gasteiger partial charge in [0.2, 0.25) is 0 Å². The van der Waals surface area contributed by atoms with Crippen LogP contribution < -0.4 is 0 Å². The summed E-state index contributed by atoms with van der Waals surface area (Å²) in [5, 5.41) is 1.72. The number of allylic oxidation sites excluding steroid dienone is 2. The Labute approximate surface area is 128 Å². The van der Waals surface area contributed by atoms with Crippen LogP contribution in [-0.4, -0.2) is 36.8 Å². The number of rotatable bonds is 3. The van der Waals surface area contributed by atoms with E-state index in [1.165, 1.54) is 6.07 Å². The van der Waals surface area contributed by atoms with E-state index in [4.69, 9.17) is 0 Å². The minimum absolute atomic E-state index is 0.0679. The number of carbonyl (C=O) groups is 1. The quantitative estimate of drug-likeness (QED) is 0.463. The van der Waals surface area contributed by atoms with E-state index in [2.05, 4.69) is 2.85 Å². The van der Waals surface area contributed by atoms with Crippen molar-refractivity contribution in [3.63, 3.8) is 0 Å². The Bertz CT molecular complexity index is 677. The van der Waals surface area contributed by atoms with Crippen LogP contribution in [0.4, 0.5) is 13.2 Å². The zero-order valence-corrected chi connectivity index (χ0v) is 13.4. The third kappa shape index (κ3) is 3.36. The molecule has 0 atom stereocenters. The van der Waals surface area contributed by atoms with Crippen molar-refractivity contribution in [2.45, 2.75) is 6.18 Å². The first kappa shape index (κ1) is 15.0. The van der Waals surface area contributed by atoms with Gasteiger partial charge in [-0.2, -0.15) is 0 Å². The first-order valence-electron chi connectivity index (χ1n) is 5.60. The van der Waals surface area contributed by atoms with Gasteiger partial charge in [0.1, 0.15) is 0 Å². The fourth-order valence-corrected chi connectivity index (χ4v) is 2.30. The fourth-order valence-electron chi connectivity index (χ4n) is 1.73. The first-order valence-corrected chi connectivity index (χ1v) is 6.95. The van der Waals surface area contributed by atoms with E-state index in [1.807, 2.05) is 12.1 Å². The third-order valence-corrected chi connectivity index (χ3v) is 3.43. The number of benzene rings is 2. The summed E-state index contributed by atoms with van der Waals surface area (Å²) < 4.78 is 41.9. The van der Waals surface area contributed by atoms with Crippen LogP contribution in [-0.2, 0) is 2.85 Å². The summed E-state index contributed by atoms with van der Waals surface area (Å²) in [4.78, 5) is 11.9. The third-order valence-electron chi connectivity index (χ3n) is 2.70. The van der Waals surface area contributed by atoms with Gasteiger partial charge in [0.15, 0.2) is 0 Å². The molecule has 0 heterocycles. The minimum atomic E-state index is -4.65. The summed E-state index contributed by atoms with van der Waals surface area (Å²) >= 11 is -0.0679. The Hall–Kier alpha value is -1.43. The van der Waals surface area contributed by atoms with Gasteiger partial charge in [0.25, 0.3) is 0 Å². The molecule has 0 spiro atoms. The molecule has 6 heteroatoms. The van der Waals surface area contributed by atoms with Crippen molar-refractivity contribution in [3.8, 4) is 0 Å². The van der Waals surface area contributed by atoms with E-state index >= 15 is 0 Å². The summed E-state index contributed by atoms with van der Waals surface area (Å²) in [5.74, 6) is -1.98. The van der Waals surface area contributed by atoms with Gasteiger partial charge in [0.05, 0.1) is 0 Å². The van der Waals surface area contributed by atoms with Crippen LogP contribution >= 0.6 is 0 Å². The molecular formula is C14H8F3InO2. The molecule has 20 heavy (non-hydrogen) atoms. The molecule has 0 N–H and O–H groups in total. The van der Waals surface area contributed by atoms with Gasteiger partial charge in [-0.3, -0.25) is 0 Å². The zero-order chi connectivity index (χ0) is 14.8. The SMILES string of the molecule is O=C(C=C([O][In])C(F)(F)F)c1ccc2ccccc2c1. The Balaban J connectivity index is 2.38. The molecule has 0 bridgehead atoms. The second kappa shape index (κ2) is 5.91. The van der Waals surface area contributed by atoms with Crippen LogP contribution in [0.2, 0.25) is 0 Å². The zero-order valence-electron chi connectivity index (χ0n) is 10.1. The first-order chi connectivity index (χ1) is 9.41. The molecule has 0 fully saturated rings. The molecule has 2 rings (SSSR count). The predicted octanol–water partition coefficient (Wildman–Crippen LogP) is 3.57. The molecule has 0 aliphatic heterocycles. The molecule has 0 aromatic heterocycles. The number of ketones is 1. The van der Waals surface area contributed by atoms with E-state index in [0.717, 1.165) is 10.8 Å². The van der Waals surface area contributed by atoms with Gasteiger partial charge in [0, 0.05) is 0 Å². The number of halogens is 3. The van der Waals surface area contributed by atoms with E-state index in [0.29, 0.717) is 6.08 Å². The van der Waals surface area contributed by atoms with Crippen molar-refractivity contribution >= 4 is 41.4 Å². The van der Waals surface area contributed by atoms with E-state index in [-0.39, 0.29) is 30.4 Å². The van der Waals surface area contributed by atoms with E-state index < -0.39 is 17.7 Å². The summed E-state index contributed by atoms with van der Waals surface area (Å²) in [6, 6.07) is 12.1. The normalized spacial score (nSPS) is 12.4. The van der Waals surface area contributed by atoms with Crippen LogP contribution in [0, 0.1) is 0 Å². The molecule has 2 aromatic rings. The number of alkyl halides is 3. The Morgan fingerprint density at radius 3 is 2.35 bits per heavy atom. The van der Waals surface area contributed by atoms with Crippen molar-refractivity contribution in [3.05, 3.63) is 59.9 Å². The number of carbonyl (C=O) groups excluding carboxylic acids is 1. The average molecular weight is 380 g/mol. The topological polar surface area (TPSA) is 26.3 Å². The average Bonchev–Trinajstić information content (AvgIpc) is 2.42. The molecule has 0 aliphatic rings.